The number of benzene rings is 1. The smallest absolute Gasteiger partial charge is 0.265 e. The highest BCUT2D eigenvalue weighted by Gasteiger charge is 2.65. The first-order chi connectivity index (χ1) is 21.8. The Bertz CT molecular complexity index is 1610. The Balaban J connectivity index is 1.50. The SMILES string of the molecule is CCCCOc1noc2c1C(=O)[C@@]1(O)C(=O)C3=C(O)c4c(c(F)c5c(c4OCCCC)CN(C(C)(C)C)C5)C[C@H]3C[C@H]1[C@@H]2N(C)C. The van der Waals surface area contributed by atoms with Crippen molar-refractivity contribution in [3.63, 3.8) is 0 Å². The predicted molar refractivity (Wildman–Crippen MR) is 168 cm³/mol. The number of ether oxygens (including phenoxy) is 2. The molecule has 2 heterocycles. The first-order valence-corrected chi connectivity index (χ1v) is 16.5. The molecule has 250 valence electrons. The van der Waals surface area contributed by atoms with Crippen LogP contribution >= 0.6 is 0 Å². The predicted octanol–water partition coefficient (Wildman–Crippen LogP) is 5.55. The van der Waals surface area contributed by atoms with Gasteiger partial charge in [0.15, 0.2) is 11.4 Å². The summed E-state index contributed by atoms with van der Waals surface area (Å²) in [5.41, 5.74) is -1.17. The molecule has 0 unspecified atom stereocenters. The summed E-state index contributed by atoms with van der Waals surface area (Å²) in [5.74, 6) is -3.55. The highest BCUT2D eigenvalue weighted by molar-refractivity contribution is 6.26. The van der Waals surface area contributed by atoms with Crippen molar-refractivity contribution in [1.29, 1.82) is 0 Å². The molecule has 1 aliphatic heterocycles. The fourth-order valence-electron chi connectivity index (χ4n) is 7.74. The molecule has 10 nitrogen and oxygen atoms in total. The van der Waals surface area contributed by atoms with Gasteiger partial charge in [0, 0.05) is 46.8 Å². The van der Waals surface area contributed by atoms with Crippen molar-refractivity contribution in [3.8, 4) is 11.6 Å². The highest BCUT2D eigenvalue weighted by atomic mass is 19.1. The van der Waals surface area contributed by atoms with Crippen LogP contribution in [0.5, 0.6) is 11.6 Å². The quantitative estimate of drug-likeness (QED) is 0.267. The zero-order valence-corrected chi connectivity index (χ0v) is 28.0. The lowest BCUT2D eigenvalue weighted by molar-refractivity contribution is -0.142. The lowest BCUT2D eigenvalue weighted by Crippen LogP contribution is -2.63. The maximum absolute atomic E-state index is 16.6. The number of carbonyl (C=O) groups is 2. The number of aliphatic hydroxyl groups excluding tert-OH is 1. The monoisotopic (exact) mass is 639 g/mol. The van der Waals surface area contributed by atoms with Crippen LogP contribution in [0.15, 0.2) is 10.1 Å². The largest absolute Gasteiger partial charge is 0.507 e. The lowest BCUT2D eigenvalue weighted by Gasteiger charge is -2.49. The van der Waals surface area contributed by atoms with Gasteiger partial charge in [-0.3, -0.25) is 19.4 Å². The second kappa shape index (κ2) is 11.8. The number of hydrogen-bond donors (Lipinski definition) is 2. The molecule has 11 heteroatoms. The van der Waals surface area contributed by atoms with Crippen molar-refractivity contribution in [2.45, 2.75) is 103 Å². The van der Waals surface area contributed by atoms with Gasteiger partial charge in [-0.1, -0.05) is 26.7 Å². The van der Waals surface area contributed by atoms with Crippen LogP contribution in [0.2, 0.25) is 0 Å². The zero-order chi connectivity index (χ0) is 33.3. The third kappa shape index (κ3) is 4.80. The molecule has 1 aromatic carbocycles. The summed E-state index contributed by atoms with van der Waals surface area (Å²) in [7, 11) is 3.55. The molecular weight excluding hydrogens is 593 g/mol. The average molecular weight is 640 g/mol. The number of Topliss-reactive ketones (excluding diaryl/α,β-unsaturated/α-hetero) is 2. The van der Waals surface area contributed by atoms with Crippen molar-refractivity contribution in [1.82, 2.24) is 15.0 Å². The number of unbranched alkanes of at least 4 members (excludes halogenated alkanes) is 2. The van der Waals surface area contributed by atoms with E-state index in [4.69, 9.17) is 14.0 Å². The van der Waals surface area contributed by atoms with Crippen molar-refractivity contribution in [2.24, 2.45) is 11.8 Å². The van der Waals surface area contributed by atoms with Gasteiger partial charge in [0.2, 0.25) is 11.6 Å². The molecule has 1 saturated carbocycles. The Morgan fingerprint density at radius 2 is 1.67 bits per heavy atom. The number of fused-ring (bicyclic) bond motifs is 5. The molecule has 0 saturated heterocycles. The van der Waals surface area contributed by atoms with E-state index in [1.165, 1.54) is 0 Å². The molecule has 2 aromatic rings. The number of aliphatic hydroxyl groups is 2. The Labute approximate surface area is 269 Å². The van der Waals surface area contributed by atoms with Crippen LogP contribution in [0.1, 0.15) is 111 Å². The molecule has 4 atom stereocenters. The summed E-state index contributed by atoms with van der Waals surface area (Å²) in [6.45, 7) is 11.7. The van der Waals surface area contributed by atoms with Crippen LogP contribution in [-0.2, 0) is 24.3 Å². The van der Waals surface area contributed by atoms with Crippen molar-refractivity contribution in [3.05, 3.63) is 45.0 Å². The Morgan fingerprint density at radius 3 is 2.30 bits per heavy atom. The van der Waals surface area contributed by atoms with E-state index in [-0.39, 0.29) is 46.7 Å². The van der Waals surface area contributed by atoms with E-state index in [1.54, 1.807) is 19.0 Å². The molecule has 2 N–H and O–H groups in total. The van der Waals surface area contributed by atoms with Gasteiger partial charge in [-0.15, -0.1) is 0 Å². The van der Waals surface area contributed by atoms with Crippen LogP contribution in [-0.4, -0.2) is 75.2 Å². The summed E-state index contributed by atoms with van der Waals surface area (Å²) < 4.78 is 34.3. The number of aromatic nitrogens is 1. The molecule has 3 aliphatic carbocycles. The van der Waals surface area contributed by atoms with Crippen molar-refractivity contribution >= 4 is 17.3 Å². The van der Waals surface area contributed by atoms with Gasteiger partial charge in [0.05, 0.1) is 24.8 Å². The third-order valence-electron chi connectivity index (χ3n) is 10.3. The minimum atomic E-state index is -2.50. The summed E-state index contributed by atoms with van der Waals surface area (Å²) >= 11 is 0. The fraction of sp³-hybridized carbons (Fsp3) is 0.629. The molecule has 6 rings (SSSR count). The Hall–Kier alpha value is -3.28. The second-order valence-electron chi connectivity index (χ2n) is 14.5. The van der Waals surface area contributed by atoms with Gasteiger partial charge in [0.1, 0.15) is 22.9 Å². The lowest BCUT2D eigenvalue weighted by atomic mass is 9.57. The van der Waals surface area contributed by atoms with Crippen LogP contribution < -0.4 is 9.47 Å². The molecule has 4 aliphatic rings. The highest BCUT2D eigenvalue weighted by Crippen LogP contribution is 2.57. The maximum Gasteiger partial charge on any atom is 0.265 e. The first-order valence-electron chi connectivity index (χ1n) is 16.5. The Morgan fingerprint density at radius 1 is 1.02 bits per heavy atom. The van der Waals surface area contributed by atoms with Gasteiger partial charge in [-0.05, 0) is 71.6 Å². The van der Waals surface area contributed by atoms with Crippen molar-refractivity contribution in [2.75, 3.05) is 27.3 Å². The van der Waals surface area contributed by atoms with E-state index >= 15 is 4.39 Å². The van der Waals surface area contributed by atoms with Crippen LogP contribution in [0, 0.1) is 17.7 Å². The minimum Gasteiger partial charge on any atom is -0.507 e. The summed E-state index contributed by atoms with van der Waals surface area (Å²) in [4.78, 5) is 32.7. The molecule has 1 aromatic heterocycles. The van der Waals surface area contributed by atoms with Gasteiger partial charge < -0.3 is 24.2 Å². The molecule has 0 amide bonds. The summed E-state index contributed by atoms with van der Waals surface area (Å²) in [6, 6.07) is -0.694. The van der Waals surface area contributed by atoms with E-state index in [0.29, 0.717) is 48.7 Å². The first kappa shape index (κ1) is 32.7. The van der Waals surface area contributed by atoms with Crippen LogP contribution in [0.3, 0.4) is 0 Å². The average Bonchev–Trinajstić information content (AvgIpc) is 3.63. The van der Waals surface area contributed by atoms with Gasteiger partial charge >= 0.3 is 0 Å². The van der Waals surface area contributed by atoms with Crippen LogP contribution in [0.4, 0.5) is 4.39 Å². The van der Waals surface area contributed by atoms with Crippen LogP contribution in [0.25, 0.3) is 5.76 Å². The third-order valence-corrected chi connectivity index (χ3v) is 10.3. The van der Waals surface area contributed by atoms with Gasteiger partial charge in [0.25, 0.3) is 5.88 Å². The fourth-order valence-corrected chi connectivity index (χ4v) is 7.74. The number of rotatable bonds is 9. The standard InChI is InChI=1S/C35H46FN3O7/c1-8-10-12-44-29-21-17-39(34(3,4)5)16-20(21)26(36)19-14-18-15-22-27(38(6)7)30-25(33(37-46-30)45-13-11-9-2)32(42)35(22,43)31(41)23(18)28(40)24(19)29/h18,22,27,40,43H,8-17H2,1-7H3/t18-,22-,27-,35-/m0/s1. The number of nitrogens with zero attached hydrogens (tertiary/aromatic N) is 3. The van der Waals surface area contributed by atoms with Gasteiger partial charge in [-0.25, -0.2) is 4.39 Å². The van der Waals surface area contributed by atoms with Gasteiger partial charge in [-0.2, -0.15) is 0 Å². The number of carbonyl (C=O) groups excluding carboxylic acids is 2. The maximum atomic E-state index is 16.6. The van der Waals surface area contributed by atoms with E-state index in [9.17, 15) is 19.8 Å². The second-order valence-corrected chi connectivity index (χ2v) is 14.5. The summed E-state index contributed by atoms with van der Waals surface area (Å²) in [5, 5.41) is 28.3. The Kier molecular flexibility index (Phi) is 8.34. The molecule has 0 spiro atoms. The van der Waals surface area contributed by atoms with E-state index in [0.717, 1.165) is 25.7 Å². The topological polar surface area (TPSA) is 126 Å². The molecule has 0 bridgehead atoms. The molecule has 46 heavy (non-hydrogen) atoms. The van der Waals surface area contributed by atoms with E-state index in [2.05, 4.69) is 30.8 Å². The zero-order valence-electron chi connectivity index (χ0n) is 28.0. The summed E-state index contributed by atoms with van der Waals surface area (Å²) in [6.07, 6.45) is 3.47. The van der Waals surface area contributed by atoms with E-state index < -0.39 is 46.6 Å². The molecular formula is C35H46FN3O7. The molecule has 1 fully saturated rings. The van der Waals surface area contributed by atoms with E-state index in [1.807, 2.05) is 13.8 Å². The molecule has 0 radical (unpaired) electrons. The number of hydrogen-bond acceptors (Lipinski definition) is 10. The number of halogens is 1. The normalized spacial score (nSPS) is 25.7. The minimum absolute atomic E-state index is 0.0497. The number of ketones is 2. The van der Waals surface area contributed by atoms with Crippen molar-refractivity contribution < 1.29 is 38.2 Å².